The quantitative estimate of drug-likeness (QED) is 0.194. The summed E-state index contributed by atoms with van der Waals surface area (Å²) in [6, 6.07) is 7.29. The number of fused-ring (bicyclic) bond motifs is 2. The van der Waals surface area contributed by atoms with E-state index in [1.54, 1.807) is 22.0 Å². The summed E-state index contributed by atoms with van der Waals surface area (Å²) in [5.74, 6) is -0.201. The highest BCUT2D eigenvalue weighted by Gasteiger charge is 2.64. The van der Waals surface area contributed by atoms with Gasteiger partial charge in [0.1, 0.15) is 34.8 Å². The van der Waals surface area contributed by atoms with Crippen LogP contribution >= 0.6 is 15.9 Å². The number of Topliss-reactive ketones (excluding diaryl/α,β-unsaturated/α-hetero) is 1. The smallest absolute Gasteiger partial charge is 0.316 e. The Morgan fingerprint density at radius 2 is 1.82 bits per heavy atom. The Labute approximate surface area is 268 Å². The molecule has 4 heterocycles. The maximum Gasteiger partial charge on any atom is 0.316 e. The second-order valence-electron chi connectivity index (χ2n) is 12.9. The number of piperidine rings is 1. The molecule has 2 aliphatic carbocycles. The number of rotatable bonds is 8. The van der Waals surface area contributed by atoms with Gasteiger partial charge in [-0.15, -0.1) is 0 Å². The molecule has 1 saturated heterocycles. The molecule has 1 aliphatic heterocycles. The minimum atomic E-state index is -0.625. The number of amides is 2. The lowest BCUT2D eigenvalue weighted by atomic mass is 9.96. The van der Waals surface area contributed by atoms with Gasteiger partial charge >= 0.3 is 6.01 Å². The number of aromatic nitrogens is 5. The van der Waals surface area contributed by atoms with Crippen molar-refractivity contribution < 1.29 is 19.1 Å². The molecule has 0 spiro atoms. The standard InChI is InChI=1S/C33H34BrN7O4/c1-17-8-9-26(34)37-30(17)38-31(44)24-12-33(4)13-25(33)41(24)27(43)16-40-29-18(2)10-20(11-23(29)28(39-40)19(3)42)21-14-35-32(36-15-21)45-22-6-5-7-22/h8-11,14-15,22,24-25H,5-7,12-13,16H2,1-4H3,(H,37,38,44)/t24-,25+,33-/m0/s1. The third-order valence-corrected chi connectivity index (χ3v) is 9.91. The largest absolute Gasteiger partial charge is 0.460 e. The van der Waals surface area contributed by atoms with Crippen LogP contribution in [0, 0.1) is 19.3 Å². The SMILES string of the molecule is CC(=O)c1nn(CC(=O)N2[C@H](C(=O)Nc3nc(Br)ccc3C)C[C@@]3(C)C[C@@H]23)c2c(C)cc(-c3cnc(OC4CCC4)nc3)cc12. The molecule has 3 fully saturated rings. The minimum absolute atomic E-state index is 0.0182. The molecular formula is C33H34BrN7O4. The first-order valence-electron chi connectivity index (χ1n) is 15.3. The number of benzene rings is 1. The summed E-state index contributed by atoms with van der Waals surface area (Å²) < 4.78 is 8.02. The number of nitrogens with one attached hydrogen (secondary N) is 1. The number of nitrogens with zero attached hydrogens (tertiary/aromatic N) is 6. The Kier molecular flexibility index (Phi) is 7.22. The van der Waals surface area contributed by atoms with Gasteiger partial charge in [0.25, 0.3) is 0 Å². The van der Waals surface area contributed by atoms with Crippen LogP contribution in [-0.4, -0.2) is 65.4 Å². The summed E-state index contributed by atoms with van der Waals surface area (Å²) in [6.07, 6.45) is 8.27. The van der Waals surface area contributed by atoms with Crippen LogP contribution in [0.3, 0.4) is 0 Å². The van der Waals surface area contributed by atoms with Crippen LogP contribution in [0.1, 0.15) is 67.6 Å². The van der Waals surface area contributed by atoms with E-state index in [2.05, 4.69) is 48.2 Å². The Morgan fingerprint density at radius 3 is 2.51 bits per heavy atom. The van der Waals surface area contributed by atoms with E-state index >= 15 is 0 Å². The number of ketones is 1. The van der Waals surface area contributed by atoms with Crippen LogP contribution in [0.2, 0.25) is 0 Å². The number of likely N-dealkylation sites (tertiary alicyclic amines) is 1. The lowest BCUT2D eigenvalue weighted by molar-refractivity contribution is -0.138. The number of ether oxygens (including phenoxy) is 1. The zero-order valence-corrected chi connectivity index (χ0v) is 27.2. The molecule has 3 aromatic heterocycles. The molecule has 0 unspecified atom stereocenters. The maximum atomic E-state index is 14.0. The molecule has 2 amide bonds. The van der Waals surface area contributed by atoms with Crippen molar-refractivity contribution >= 4 is 50.2 Å². The molecule has 3 atom stereocenters. The Hall–Kier alpha value is -4.19. The topological polar surface area (TPSA) is 132 Å². The average Bonchev–Trinajstić information content (AvgIpc) is 3.33. The van der Waals surface area contributed by atoms with Gasteiger partial charge in [-0.1, -0.05) is 13.0 Å². The molecule has 4 aromatic rings. The highest BCUT2D eigenvalue weighted by atomic mass is 79.9. The first-order valence-corrected chi connectivity index (χ1v) is 16.1. The average molecular weight is 673 g/mol. The van der Waals surface area contributed by atoms with Crippen molar-refractivity contribution in [2.24, 2.45) is 5.41 Å². The molecule has 45 heavy (non-hydrogen) atoms. The summed E-state index contributed by atoms with van der Waals surface area (Å²) in [4.78, 5) is 55.2. The lowest BCUT2D eigenvalue weighted by Crippen LogP contribution is -2.47. The minimum Gasteiger partial charge on any atom is -0.460 e. The van der Waals surface area contributed by atoms with Crippen LogP contribution in [0.4, 0.5) is 5.82 Å². The van der Waals surface area contributed by atoms with E-state index in [1.807, 2.05) is 38.1 Å². The van der Waals surface area contributed by atoms with Crippen LogP contribution in [0.5, 0.6) is 6.01 Å². The molecule has 232 valence electrons. The lowest BCUT2D eigenvalue weighted by Gasteiger charge is -2.27. The van der Waals surface area contributed by atoms with Gasteiger partial charge in [-0.2, -0.15) is 5.10 Å². The summed E-state index contributed by atoms with van der Waals surface area (Å²) in [7, 11) is 0. The highest BCUT2D eigenvalue weighted by molar-refractivity contribution is 9.10. The van der Waals surface area contributed by atoms with E-state index in [-0.39, 0.29) is 47.4 Å². The molecule has 11 nitrogen and oxygen atoms in total. The van der Waals surface area contributed by atoms with Crippen molar-refractivity contribution in [1.29, 1.82) is 0 Å². The number of halogens is 1. The van der Waals surface area contributed by atoms with Crippen molar-refractivity contribution in [3.05, 3.63) is 58.1 Å². The van der Waals surface area contributed by atoms with E-state index in [0.29, 0.717) is 33.8 Å². The fraction of sp³-hybridized carbons (Fsp3) is 0.424. The predicted octanol–water partition coefficient (Wildman–Crippen LogP) is 5.42. The number of carbonyl (C=O) groups excluding carboxylic acids is 3. The van der Waals surface area contributed by atoms with Crippen molar-refractivity contribution in [2.75, 3.05) is 5.32 Å². The Balaban J connectivity index is 1.16. The van der Waals surface area contributed by atoms with Crippen LogP contribution in [0.25, 0.3) is 22.0 Å². The number of anilines is 1. The fourth-order valence-electron chi connectivity index (χ4n) is 6.63. The molecule has 0 bridgehead atoms. The number of hydrogen-bond acceptors (Lipinski definition) is 8. The van der Waals surface area contributed by atoms with Gasteiger partial charge in [0.2, 0.25) is 11.8 Å². The first kappa shape index (κ1) is 29.5. The van der Waals surface area contributed by atoms with Gasteiger partial charge in [0, 0.05) is 36.3 Å². The van der Waals surface area contributed by atoms with Gasteiger partial charge in [0.15, 0.2) is 5.78 Å². The maximum absolute atomic E-state index is 14.0. The summed E-state index contributed by atoms with van der Waals surface area (Å²) >= 11 is 3.37. The van der Waals surface area contributed by atoms with Gasteiger partial charge in [-0.25, -0.2) is 15.0 Å². The van der Waals surface area contributed by atoms with E-state index in [1.165, 1.54) is 6.92 Å². The number of hydrogen-bond donors (Lipinski definition) is 1. The van der Waals surface area contributed by atoms with E-state index < -0.39 is 6.04 Å². The predicted molar refractivity (Wildman–Crippen MR) is 171 cm³/mol. The molecular weight excluding hydrogens is 638 g/mol. The van der Waals surface area contributed by atoms with E-state index in [4.69, 9.17) is 4.74 Å². The number of aryl methyl sites for hydroxylation is 2. The van der Waals surface area contributed by atoms with Crippen LogP contribution < -0.4 is 10.1 Å². The molecule has 12 heteroatoms. The number of carbonyl (C=O) groups is 3. The monoisotopic (exact) mass is 671 g/mol. The van der Waals surface area contributed by atoms with Crippen molar-refractivity contribution in [3.8, 4) is 17.1 Å². The second kappa shape index (κ2) is 11.0. The highest BCUT2D eigenvalue weighted by Crippen LogP contribution is 2.59. The zero-order valence-electron chi connectivity index (χ0n) is 25.6. The summed E-state index contributed by atoms with van der Waals surface area (Å²) in [6.45, 7) is 7.31. The van der Waals surface area contributed by atoms with Crippen LogP contribution in [0.15, 0.2) is 41.3 Å². The van der Waals surface area contributed by atoms with Gasteiger partial charge in [-0.05, 0) is 102 Å². The molecule has 0 radical (unpaired) electrons. The zero-order chi connectivity index (χ0) is 31.6. The normalized spacial score (nSPS) is 22.2. The third-order valence-electron chi connectivity index (χ3n) is 9.47. The Bertz CT molecular complexity index is 1870. The van der Waals surface area contributed by atoms with Crippen LogP contribution in [-0.2, 0) is 16.1 Å². The van der Waals surface area contributed by atoms with Gasteiger partial charge < -0.3 is 15.0 Å². The fourth-order valence-corrected chi connectivity index (χ4v) is 6.94. The van der Waals surface area contributed by atoms with Crippen molar-refractivity contribution in [3.63, 3.8) is 0 Å². The molecule has 3 aliphatic rings. The number of pyridine rings is 1. The molecule has 1 aromatic carbocycles. The Morgan fingerprint density at radius 1 is 1.07 bits per heavy atom. The van der Waals surface area contributed by atoms with Gasteiger partial charge in [0.05, 0.1) is 5.52 Å². The second-order valence-corrected chi connectivity index (χ2v) is 13.7. The van der Waals surface area contributed by atoms with E-state index in [0.717, 1.165) is 47.9 Å². The van der Waals surface area contributed by atoms with Gasteiger partial charge in [-0.3, -0.25) is 19.1 Å². The first-order chi connectivity index (χ1) is 21.5. The molecule has 7 rings (SSSR count). The molecule has 2 saturated carbocycles. The third kappa shape index (κ3) is 5.38. The van der Waals surface area contributed by atoms with E-state index in [9.17, 15) is 14.4 Å². The summed E-state index contributed by atoms with van der Waals surface area (Å²) in [5, 5.41) is 8.22. The van der Waals surface area contributed by atoms with Crippen molar-refractivity contribution in [2.45, 2.75) is 84.5 Å². The van der Waals surface area contributed by atoms with Crippen molar-refractivity contribution in [1.82, 2.24) is 29.6 Å². The summed E-state index contributed by atoms with van der Waals surface area (Å²) in [5.41, 5.74) is 4.21. The molecule has 1 N–H and O–H groups in total.